The predicted octanol–water partition coefficient (Wildman–Crippen LogP) is 2.63. The average molecular weight is 292 g/mol. The summed E-state index contributed by atoms with van der Waals surface area (Å²) in [6, 6.07) is 5.43. The second-order valence-corrected chi connectivity index (χ2v) is 6.46. The number of hydrogen-bond acceptors (Lipinski definition) is 3. The van der Waals surface area contributed by atoms with Crippen LogP contribution in [0.2, 0.25) is 0 Å². The number of likely N-dealkylation sites (tertiary alicyclic amines) is 1. The summed E-state index contributed by atoms with van der Waals surface area (Å²) in [6.45, 7) is 6.39. The Kier molecular flexibility index (Phi) is 4.45. The fourth-order valence-corrected chi connectivity index (χ4v) is 3.58. The number of aliphatic hydroxyl groups excluding tert-OH is 1. The molecular weight excluding hydrogens is 267 g/mol. The molecule has 0 bridgehead atoms. The zero-order valence-electron chi connectivity index (χ0n) is 12.8. The van der Waals surface area contributed by atoms with E-state index in [1.54, 1.807) is 6.07 Å². The normalized spacial score (nSPS) is 24.7. The van der Waals surface area contributed by atoms with Gasteiger partial charge in [-0.3, -0.25) is 4.90 Å². The fraction of sp³-hybridized carbons (Fsp3) is 0.647. The summed E-state index contributed by atoms with van der Waals surface area (Å²) in [7, 11) is 0. The van der Waals surface area contributed by atoms with Crippen LogP contribution >= 0.6 is 0 Å². The van der Waals surface area contributed by atoms with E-state index in [9.17, 15) is 9.50 Å². The van der Waals surface area contributed by atoms with E-state index in [1.165, 1.54) is 12.8 Å². The third-order valence-corrected chi connectivity index (χ3v) is 4.91. The van der Waals surface area contributed by atoms with Gasteiger partial charge in [-0.05, 0) is 50.8 Å². The minimum absolute atomic E-state index is 0.0973. The van der Waals surface area contributed by atoms with Crippen molar-refractivity contribution in [2.24, 2.45) is 5.92 Å². The number of anilines is 1. The molecule has 2 unspecified atom stereocenters. The molecule has 1 aromatic carbocycles. The summed E-state index contributed by atoms with van der Waals surface area (Å²) >= 11 is 0. The first kappa shape index (κ1) is 14.8. The monoisotopic (exact) mass is 292 g/mol. The van der Waals surface area contributed by atoms with Crippen LogP contribution < -0.4 is 4.90 Å². The van der Waals surface area contributed by atoms with Crippen molar-refractivity contribution in [3.63, 3.8) is 0 Å². The molecule has 0 spiro atoms. The van der Waals surface area contributed by atoms with Crippen molar-refractivity contribution in [1.82, 2.24) is 4.90 Å². The van der Waals surface area contributed by atoms with Gasteiger partial charge in [-0.25, -0.2) is 4.39 Å². The molecule has 0 aliphatic carbocycles. The minimum atomic E-state index is -0.270. The number of halogens is 1. The lowest BCUT2D eigenvalue weighted by Gasteiger charge is -2.25. The highest BCUT2D eigenvalue weighted by Gasteiger charge is 2.27. The van der Waals surface area contributed by atoms with Gasteiger partial charge in [0.15, 0.2) is 0 Å². The maximum absolute atomic E-state index is 14.3. The van der Waals surface area contributed by atoms with Crippen LogP contribution in [0.4, 0.5) is 10.1 Å². The zero-order chi connectivity index (χ0) is 14.8. The summed E-state index contributed by atoms with van der Waals surface area (Å²) in [5, 5.41) is 9.71. The van der Waals surface area contributed by atoms with Crippen LogP contribution in [-0.4, -0.2) is 42.3 Å². The van der Waals surface area contributed by atoms with Crippen LogP contribution in [-0.2, 0) is 6.54 Å². The Morgan fingerprint density at radius 3 is 2.71 bits per heavy atom. The van der Waals surface area contributed by atoms with Gasteiger partial charge in [0.1, 0.15) is 5.82 Å². The van der Waals surface area contributed by atoms with Gasteiger partial charge in [0.05, 0.1) is 6.10 Å². The molecule has 0 amide bonds. The highest BCUT2D eigenvalue weighted by atomic mass is 19.1. The van der Waals surface area contributed by atoms with Gasteiger partial charge in [0.2, 0.25) is 0 Å². The smallest absolute Gasteiger partial charge is 0.129 e. The molecule has 4 heteroatoms. The molecule has 0 radical (unpaired) electrons. The highest BCUT2D eigenvalue weighted by molar-refractivity contribution is 5.54. The van der Waals surface area contributed by atoms with Gasteiger partial charge in [-0.15, -0.1) is 0 Å². The molecular formula is C17H25FN2O. The topological polar surface area (TPSA) is 26.7 Å². The molecule has 116 valence electrons. The highest BCUT2D eigenvalue weighted by Crippen LogP contribution is 2.30. The molecule has 0 saturated carbocycles. The van der Waals surface area contributed by atoms with E-state index in [0.717, 1.165) is 43.9 Å². The summed E-state index contributed by atoms with van der Waals surface area (Å²) in [4.78, 5) is 4.58. The van der Waals surface area contributed by atoms with Gasteiger partial charge >= 0.3 is 0 Å². The molecule has 2 atom stereocenters. The van der Waals surface area contributed by atoms with Crippen LogP contribution in [0, 0.1) is 11.7 Å². The molecule has 3 nitrogen and oxygen atoms in total. The predicted molar refractivity (Wildman–Crippen MR) is 82.9 cm³/mol. The van der Waals surface area contributed by atoms with Crippen molar-refractivity contribution in [2.75, 3.05) is 31.1 Å². The molecule has 2 aliphatic heterocycles. The fourth-order valence-electron chi connectivity index (χ4n) is 3.58. The number of benzene rings is 1. The van der Waals surface area contributed by atoms with Crippen LogP contribution in [0.15, 0.2) is 18.2 Å². The lowest BCUT2D eigenvalue weighted by atomic mass is 10.0. The second-order valence-electron chi connectivity index (χ2n) is 6.46. The van der Waals surface area contributed by atoms with E-state index in [1.807, 2.05) is 19.1 Å². The maximum Gasteiger partial charge on any atom is 0.129 e. The number of hydrogen-bond donors (Lipinski definition) is 1. The third-order valence-electron chi connectivity index (χ3n) is 4.91. The van der Waals surface area contributed by atoms with Crippen LogP contribution in [0.1, 0.15) is 31.7 Å². The third kappa shape index (κ3) is 3.22. The van der Waals surface area contributed by atoms with E-state index < -0.39 is 0 Å². The first-order chi connectivity index (χ1) is 10.1. The first-order valence-electron chi connectivity index (χ1n) is 8.08. The Morgan fingerprint density at radius 2 is 2.05 bits per heavy atom. The van der Waals surface area contributed by atoms with Gasteiger partial charge in [0, 0.05) is 37.4 Å². The molecule has 1 aromatic rings. The summed E-state index contributed by atoms with van der Waals surface area (Å²) in [5.74, 6) is 0.229. The first-order valence-corrected chi connectivity index (χ1v) is 8.08. The van der Waals surface area contributed by atoms with E-state index in [-0.39, 0.29) is 11.9 Å². The lowest BCUT2D eigenvalue weighted by Crippen LogP contribution is -2.26. The Labute approximate surface area is 126 Å². The molecule has 21 heavy (non-hydrogen) atoms. The molecule has 3 rings (SSSR count). The molecule has 1 N–H and O–H groups in total. The van der Waals surface area contributed by atoms with Gasteiger partial charge < -0.3 is 10.0 Å². The van der Waals surface area contributed by atoms with Gasteiger partial charge in [0.25, 0.3) is 0 Å². The Morgan fingerprint density at radius 1 is 1.29 bits per heavy atom. The molecule has 2 fully saturated rings. The van der Waals surface area contributed by atoms with Crippen LogP contribution in [0.3, 0.4) is 0 Å². The molecule has 2 aliphatic rings. The van der Waals surface area contributed by atoms with E-state index in [4.69, 9.17) is 0 Å². The van der Waals surface area contributed by atoms with Crippen molar-refractivity contribution in [1.29, 1.82) is 0 Å². The summed E-state index contributed by atoms with van der Waals surface area (Å²) in [6.07, 6.45) is 3.13. The number of nitrogens with zero attached hydrogens (tertiary/aromatic N) is 2. The standard InChI is InChI=1S/C17H25FN2O/c1-13(21)14-7-10-19(11-14)12-15-16(18)5-4-6-17(15)20-8-2-3-9-20/h4-6,13-14,21H,2-3,7-12H2,1H3. The van der Waals surface area contributed by atoms with Gasteiger partial charge in [-0.2, -0.15) is 0 Å². The average Bonchev–Trinajstić information content (AvgIpc) is 3.12. The molecule has 2 heterocycles. The quantitative estimate of drug-likeness (QED) is 0.924. The van der Waals surface area contributed by atoms with Crippen molar-refractivity contribution < 1.29 is 9.50 Å². The van der Waals surface area contributed by atoms with Crippen LogP contribution in [0.5, 0.6) is 0 Å². The summed E-state index contributed by atoms with van der Waals surface area (Å²) < 4.78 is 14.3. The second kappa shape index (κ2) is 6.32. The van der Waals surface area contributed by atoms with Crippen LogP contribution in [0.25, 0.3) is 0 Å². The molecule has 2 saturated heterocycles. The largest absolute Gasteiger partial charge is 0.393 e. The Bertz CT molecular complexity index is 486. The summed E-state index contributed by atoms with van der Waals surface area (Å²) in [5.41, 5.74) is 1.89. The number of rotatable bonds is 4. The Balaban J connectivity index is 1.75. The van der Waals surface area contributed by atoms with Crippen molar-refractivity contribution in [3.05, 3.63) is 29.6 Å². The maximum atomic E-state index is 14.3. The van der Waals surface area contributed by atoms with Crippen molar-refractivity contribution in [2.45, 2.75) is 38.8 Å². The van der Waals surface area contributed by atoms with E-state index in [0.29, 0.717) is 12.5 Å². The van der Waals surface area contributed by atoms with E-state index in [2.05, 4.69) is 9.80 Å². The number of aliphatic hydroxyl groups is 1. The Hall–Kier alpha value is -1.13. The zero-order valence-corrected chi connectivity index (χ0v) is 12.8. The SMILES string of the molecule is CC(O)C1CCN(Cc2c(F)cccc2N2CCCC2)C1. The minimum Gasteiger partial charge on any atom is -0.393 e. The van der Waals surface area contributed by atoms with Crippen molar-refractivity contribution >= 4 is 5.69 Å². The molecule has 0 aromatic heterocycles. The van der Waals surface area contributed by atoms with Gasteiger partial charge in [-0.1, -0.05) is 6.07 Å². The van der Waals surface area contributed by atoms with E-state index >= 15 is 0 Å². The van der Waals surface area contributed by atoms with Crippen molar-refractivity contribution in [3.8, 4) is 0 Å². The lowest BCUT2D eigenvalue weighted by molar-refractivity contribution is 0.127.